The number of fused-ring (bicyclic) bond motifs is 1. The molecule has 82 valence electrons. The second kappa shape index (κ2) is 4.96. The Morgan fingerprint density at radius 2 is 2.27 bits per heavy atom. The number of benzene rings is 1. The molecule has 2 rings (SSSR count). The van der Waals surface area contributed by atoms with Crippen molar-refractivity contribution < 1.29 is 0 Å². The highest BCUT2D eigenvalue weighted by atomic mass is 35.5. The van der Waals surface area contributed by atoms with Gasteiger partial charge in [0.05, 0.1) is 10.0 Å². The molecule has 0 saturated heterocycles. The van der Waals surface area contributed by atoms with Crippen LogP contribution in [0.2, 0.25) is 10.0 Å². The Balaban J connectivity index is 2.40. The number of hydrogen-bond donors (Lipinski definition) is 1. The Morgan fingerprint density at radius 1 is 1.47 bits per heavy atom. The molecular weight excluding hydrogens is 249 g/mol. The molecule has 1 unspecified atom stereocenters. The summed E-state index contributed by atoms with van der Waals surface area (Å²) in [6.45, 7) is 3.10. The van der Waals surface area contributed by atoms with Crippen LogP contribution in [0.1, 0.15) is 24.1 Å². The summed E-state index contributed by atoms with van der Waals surface area (Å²) in [4.78, 5) is 0. The van der Waals surface area contributed by atoms with Crippen molar-refractivity contribution in [2.24, 2.45) is 0 Å². The van der Waals surface area contributed by atoms with E-state index in [1.807, 2.05) is 17.8 Å². The normalized spacial score (nSPS) is 20.1. The van der Waals surface area contributed by atoms with E-state index in [-0.39, 0.29) is 0 Å². The fourth-order valence-corrected chi connectivity index (χ4v) is 3.53. The molecule has 1 aromatic rings. The average molecular weight is 262 g/mol. The van der Waals surface area contributed by atoms with Gasteiger partial charge in [-0.15, -0.1) is 0 Å². The smallest absolute Gasteiger partial charge is 0.0636 e. The predicted octanol–water partition coefficient (Wildman–Crippen LogP) is 3.89. The van der Waals surface area contributed by atoms with E-state index < -0.39 is 0 Å². The van der Waals surface area contributed by atoms with Crippen molar-refractivity contribution in [2.45, 2.75) is 18.7 Å². The van der Waals surface area contributed by atoms with Gasteiger partial charge in [0.2, 0.25) is 0 Å². The molecule has 1 aliphatic rings. The van der Waals surface area contributed by atoms with Crippen LogP contribution in [0.15, 0.2) is 12.1 Å². The summed E-state index contributed by atoms with van der Waals surface area (Å²) < 4.78 is 0. The van der Waals surface area contributed by atoms with Crippen molar-refractivity contribution in [1.29, 1.82) is 0 Å². The number of nitrogens with one attached hydrogen (secondary N) is 1. The Hall–Kier alpha value is 0.110. The van der Waals surface area contributed by atoms with Gasteiger partial charge in [0.25, 0.3) is 0 Å². The van der Waals surface area contributed by atoms with Gasteiger partial charge in [0, 0.05) is 17.5 Å². The van der Waals surface area contributed by atoms with Crippen LogP contribution in [0.4, 0.5) is 0 Å². The van der Waals surface area contributed by atoms with E-state index in [1.165, 1.54) is 11.1 Å². The molecule has 1 N–H and O–H groups in total. The van der Waals surface area contributed by atoms with Gasteiger partial charge >= 0.3 is 0 Å². The van der Waals surface area contributed by atoms with Gasteiger partial charge in [-0.05, 0) is 23.7 Å². The first-order valence-electron chi connectivity index (χ1n) is 5.02. The third-order valence-electron chi connectivity index (χ3n) is 2.59. The van der Waals surface area contributed by atoms with Crippen molar-refractivity contribution in [3.8, 4) is 0 Å². The van der Waals surface area contributed by atoms with Crippen LogP contribution in [0, 0.1) is 0 Å². The highest BCUT2D eigenvalue weighted by molar-refractivity contribution is 7.98. The van der Waals surface area contributed by atoms with Crippen LogP contribution in [0.3, 0.4) is 0 Å². The predicted molar refractivity (Wildman–Crippen MR) is 69.0 cm³/mol. The van der Waals surface area contributed by atoms with Gasteiger partial charge in [-0.1, -0.05) is 36.2 Å². The first-order valence-corrected chi connectivity index (χ1v) is 6.93. The van der Waals surface area contributed by atoms with Gasteiger partial charge in [-0.25, -0.2) is 0 Å². The molecule has 4 heteroatoms. The lowest BCUT2D eigenvalue weighted by Crippen LogP contribution is -2.26. The summed E-state index contributed by atoms with van der Waals surface area (Å²) in [6, 6.07) is 4.40. The van der Waals surface area contributed by atoms with E-state index in [1.54, 1.807) is 0 Å². The number of halogens is 2. The number of thioether (sulfide) groups is 1. The van der Waals surface area contributed by atoms with E-state index in [2.05, 4.69) is 18.3 Å². The molecule has 0 amide bonds. The average Bonchev–Trinajstić information content (AvgIpc) is 2.25. The third-order valence-corrected chi connectivity index (χ3v) is 4.49. The largest absolute Gasteiger partial charge is 0.309 e. The molecule has 0 bridgehead atoms. The maximum Gasteiger partial charge on any atom is 0.0636 e. The molecule has 1 aromatic carbocycles. The molecule has 0 aromatic heterocycles. The number of rotatable bonds is 2. The van der Waals surface area contributed by atoms with Crippen molar-refractivity contribution in [2.75, 3.05) is 12.3 Å². The molecule has 1 aliphatic heterocycles. The van der Waals surface area contributed by atoms with E-state index in [0.717, 1.165) is 23.1 Å². The van der Waals surface area contributed by atoms with E-state index >= 15 is 0 Å². The molecule has 1 nitrogen and oxygen atoms in total. The molecular formula is C11H13Cl2NS. The van der Waals surface area contributed by atoms with Crippen LogP contribution in [-0.2, 0) is 5.75 Å². The summed E-state index contributed by atoms with van der Waals surface area (Å²) in [5.74, 6) is 2.08. The minimum atomic E-state index is 0.415. The summed E-state index contributed by atoms with van der Waals surface area (Å²) in [5, 5.41) is 4.85. The molecule has 0 spiro atoms. The van der Waals surface area contributed by atoms with E-state index in [9.17, 15) is 0 Å². The second-order valence-electron chi connectivity index (χ2n) is 3.55. The monoisotopic (exact) mass is 261 g/mol. The maximum absolute atomic E-state index is 6.20. The molecule has 0 radical (unpaired) electrons. The fourth-order valence-electron chi connectivity index (χ4n) is 1.86. The summed E-state index contributed by atoms with van der Waals surface area (Å²) in [5.41, 5.74) is 2.51. The van der Waals surface area contributed by atoms with Crippen LogP contribution < -0.4 is 5.32 Å². The lowest BCUT2D eigenvalue weighted by molar-refractivity contribution is 0.598. The molecule has 0 saturated carbocycles. The van der Waals surface area contributed by atoms with Crippen LogP contribution in [0.5, 0.6) is 0 Å². The zero-order valence-corrected chi connectivity index (χ0v) is 10.8. The Morgan fingerprint density at radius 3 is 3.00 bits per heavy atom. The zero-order valence-electron chi connectivity index (χ0n) is 8.52. The molecule has 1 atom stereocenters. The van der Waals surface area contributed by atoms with E-state index in [0.29, 0.717) is 11.1 Å². The summed E-state index contributed by atoms with van der Waals surface area (Å²) in [6.07, 6.45) is 0. The second-order valence-corrected chi connectivity index (χ2v) is 5.37. The first-order chi connectivity index (χ1) is 7.24. The van der Waals surface area contributed by atoms with Gasteiger partial charge < -0.3 is 5.32 Å². The lowest BCUT2D eigenvalue weighted by Gasteiger charge is -2.26. The Labute approximate surface area is 105 Å². The van der Waals surface area contributed by atoms with Crippen molar-refractivity contribution in [3.63, 3.8) is 0 Å². The maximum atomic E-state index is 6.20. The topological polar surface area (TPSA) is 12.0 Å². The van der Waals surface area contributed by atoms with Gasteiger partial charge in [0.1, 0.15) is 0 Å². The standard InChI is InChI=1S/C11H13Cl2NS/c1-2-14-10-6-15-5-8-7(10)3-4-9(12)11(8)13/h3-4,10,14H,2,5-6H2,1H3. The Bertz CT molecular complexity index is 368. The van der Waals surface area contributed by atoms with Crippen molar-refractivity contribution in [1.82, 2.24) is 5.32 Å². The van der Waals surface area contributed by atoms with Crippen LogP contribution in [-0.4, -0.2) is 12.3 Å². The Kier molecular flexibility index (Phi) is 3.83. The highest BCUT2D eigenvalue weighted by Gasteiger charge is 2.22. The molecule has 15 heavy (non-hydrogen) atoms. The summed E-state index contributed by atoms with van der Waals surface area (Å²) in [7, 11) is 0. The van der Waals surface area contributed by atoms with Crippen molar-refractivity contribution in [3.05, 3.63) is 33.3 Å². The third kappa shape index (κ3) is 2.28. The quantitative estimate of drug-likeness (QED) is 0.867. The van der Waals surface area contributed by atoms with Crippen molar-refractivity contribution >= 4 is 35.0 Å². The summed E-state index contributed by atoms with van der Waals surface area (Å²) >= 11 is 14.1. The van der Waals surface area contributed by atoms with Gasteiger partial charge in [-0.3, -0.25) is 0 Å². The minimum absolute atomic E-state index is 0.415. The molecule has 0 aliphatic carbocycles. The van der Waals surface area contributed by atoms with E-state index in [4.69, 9.17) is 23.2 Å². The zero-order chi connectivity index (χ0) is 10.8. The van der Waals surface area contributed by atoms with Crippen LogP contribution in [0.25, 0.3) is 0 Å². The molecule has 0 fully saturated rings. The minimum Gasteiger partial charge on any atom is -0.309 e. The fraction of sp³-hybridized carbons (Fsp3) is 0.455. The SMILES string of the molecule is CCNC1CSCc2c1ccc(Cl)c2Cl. The first kappa shape index (κ1) is 11.6. The lowest BCUT2D eigenvalue weighted by atomic mass is 10.0. The number of hydrogen-bond acceptors (Lipinski definition) is 2. The molecule has 1 heterocycles. The highest BCUT2D eigenvalue weighted by Crippen LogP contribution is 2.38. The van der Waals surface area contributed by atoms with Crippen LogP contribution >= 0.6 is 35.0 Å². The van der Waals surface area contributed by atoms with Gasteiger partial charge in [-0.2, -0.15) is 11.8 Å². The van der Waals surface area contributed by atoms with Gasteiger partial charge in [0.15, 0.2) is 0 Å².